The zero-order chi connectivity index (χ0) is 21.7. The Hall–Kier alpha value is -2.73. The molecule has 0 aliphatic carbocycles. The van der Waals surface area contributed by atoms with E-state index < -0.39 is 5.60 Å². The first-order chi connectivity index (χ1) is 14.3. The van der Waals surface area contributed by atoms with Gasteiger partial charge in [0.15, 0.2) is 0 Å². The van der Waals surface area contributed by atoms with Crippen LogP contribution in [0.15, 0.2) is 48.5 Å². The standard InChI is InChI=1S/C24H32N2O4/c1-24(2,3)30-23(27)26-15-14-22(26)25(16-18-6-10-20(28-4)11-7-18)17-19-8-12-21(29-5)13-9-19/h6-13,22H,14-17H2,1-5H3. The van der Waals surface area contributed by atoms with Gasteiger partial charge in [-0.3, -0.25) is 9.80 Å². The third-order valence-corrected chi connectivity index (χ3v) is 5.13. The first kappa shape index (κ1) is 22.0. The lowest BCUT2D eigenvalue weighted by atomic mass is 10.1. The molecule has 2 aromatic rings. The molecule has 1 saturated heterocycles. The van der Waals surface area contributed by atoms with Crippen LogP contribution in [0.5, 0.6) is 11.5 Å². The van der Waals surface area contributed by atoms with Crippen LogP contribution in [0.2, 0.25) is 0 Å². The lowest BCUT2D eigenvalue weighted by Crippen LogP contribution is -2.60. The van der Waals surface area contributed by atoms with E-state index in [4.69, 9.17) is 14.2 Å². The van der Waals surface area contributed by atoms with Gasteiger partial charge in [-0.2, -0.15) is 0 Å². The van der Waals surface area contributed by atoms with Gasteiger partial charge in [-0.25, -0.2) is 4.79 Å². The van der Waals surface area contributed by atoms with Crippen LogP contribution in [0.1, 0.15) is 38.3 Å². The minimum Gasteiger partial charge on any atom is -0.497 e. The minimum absolute atomic E-state index is 0.00375. The van der Waals surface area contributed by atoms with E-state index in [9.17, 15) is 4.79 Å². The van der Waals surface area contributed by atoms with E-state index in [2.05, 4.69) is 29.2 Å². The molecule has 0 bridgehead atoms. The Morgan fingerprint density at radius 2 is 1.40 bits per heavy atom. The number of rotatable bonds is 7. The van der Waals surface area contributed by atoms with Gasteiger partial charge in [0.05, 0.1) is 20.4 Å². The Bertz CT molecular complexity index is 778. The van der Waals surface area contributed by atoms with Crippen LogP contribution in [0.3, 0.4) is 0 Å². The smallest absolute Gasteiger partial charge is 0.411 e. The summed E-state index contributed by atoms with van der Waals surface area (Å²) in [5.41, 5.74) is 1.83. The fourth-order valence-corrected chi connectivity index (χ4v) is 3.48. The molecule has 6 heteroatoms. The van der Waals surface area contributed by atoms with E-state index >= 15 is 0 Å². The topological polar surface area (TPSA) is 51.2 Å². The van der Waals surface area contributed by atoms with Gasteiger partial charge in [0.1, 0.15) is 17.1 Å². The number of benzene rings is 2. The highest BCUT2D eigenvalue weighted by atomic mass is 16.6. The quantitative estimate of drug-likeness (QED) is 0.661. The minimum atomic E-state index is -0.506. The van der Waals surface area contributed by atoms with Crippen LogP contribution >= 0.6 is 0 Å². The molecule has 30 heavy (non-hydrogen) atoms. The van der Waals surface area contributed by atoms with E-state index in [0.29, 0.717) is 6.54 Å². The highest BCUT2D eigenvalue weighted by Gasteiger charge is 2.39. The second-order valence-corrected chi connectivity index (χ2v) is 8.54. The summed E-state index contributed by atoms with van der Waals surface area (Å²) in [4.78, 5) is 16.8. The Morgan fingerprint density at radius 3 is 1.73 bits per heavy atom. The molecule has 0 radical (unpaired) electrons. The van der Waals surface area contributed by atoms with Crippen LogP contribution < -0.4 is 9.47 Å². The second kappa shape index (κ2) is 9.39. The molecule has 0 saturated carbocycles. The number of carbonyl (C=O) groups is 1. The molecule has 0 N–H and O–H groups in total. The van der Waals surface area contributed by atoms with Crippen molar-refractivity contribution in [1.82, 2.24) is 9.80 Å². The Balaban J connectivity index is 1.77. The highest BCUT2D eigenvalue weighted by molar-refractivity contribution is 5.69. The molecule has 1 unspecified atom stereocenters. The van der Waals surface area contributed by atoms with E-state index in [0.717, 1.165) is 31.0 Å². The molecule has 1 amide bonds. The summed E-state index contributed by atoms with van der Waals surface area (Å²) in [6.45, 7) is 7.84. The average Bonchev–Trinajstić information content (AvgIpc) is 2.66. The van der Waals surface area contributed by atoms with Crippen LogP contribution in [0.25, 0.3) is 0 Å². The van der Waals surface area contributed by atoms with Gasteiger partial charge in [0.25, 0.3) is 0 Å². The fourth-order valence-electron chi connectivity index (χ4n) is 3.48. The van der Waals surface area contributed by atoms with Crippen molar-refractivity contribution in [1.29, 1.82) is 0 Å². The summed E-state index contributed by atoms with van der Waals surface area (Å²) in [6, 6.07) is 16.1. The molecule has 1 atom stereocenters. The maximum absolute atomic E-state index is 12.7. The molecular formula is C24H32N2O4. The van der Waals surface area contributed by atoms with E-state index in [1.165, 1.54) is 11.1 Å². The lowest BCUT2D eigenvalue weighted by molar-refractivity contribution is -0.0593. The normalized spacial score (nSPS) is 16.2. The first-order valence-corrected chi connectivity index (χ1v) is 10.3. The van der Waals surface area contributed by atoms with Crippen LogP contribution in [0, 0.1) is 0 Å². The Kier molecular flexibility index (Phi) is 6.87. The van der Waals surface area contributed by atoms with E-state index in [1.807, 2.05) is 49.9 Å². The average molecular weight is 413 g/mol. The van der Waals surface area contributed by atoms with Gasteiger partial charge in [-0.1, -0.05) is 24.3 Å². The SMILES string of the molecule is COc1ccc(CN(Cc2ccc(OC)cc2)C2CCN2C(=O)OC(C)(C)C)cc1. The van der Waals surface area contributed by atoms with Crippen molar-refractivity contribution in [3.05, 3.63) is 59.7 Å². The largest absolute Gasteiger partial charge is 0.497 e. The van der Waals surface area contributed by atoms with Crippen molar-refractivity contribution in [2.75, 3.05) is 20.8 Å². The van der Waals surface area contributed by atoms with Gasteiger partial charge in [0.2, 0.25) is 0 Å². The number of hydrogen-bond acceptors (Lipinski definition) is 5. The summed E-state index contributed by atoms with van der Waals surface area (Å²) < 4.78 is 16.2. The van der Waals surface area contributed by atoms with Crippen molar-refractivity contribution in [3.63, 3.8) is 0 Å². The zero-order valence-electron chi connectivity index (χ0n) is 18.6. The molecule has 0 spiro atoms. The molecular weight excluding hydrogens is 380 g/mol. The molecule has 1 fully saturated rings. The summed E-state index contributed by atoms with van der Waals surface area (Å²) >= 11 is 0. The molecule has 162 valence electrons. The highest BCUT2D eigenvalue weighted by Crippen LogP contribution is 2.28. The van der Waals surface area contributed by atoms with Gasteiger partial charge in [-0.05, 0) is 62.6 Å². The zero-order valence-corrected chi connectivity index (χ0v) is 18.6. The first-order valence-electron chi connectivity index (χ1n) is 10.3. The number of likely N-dealkylation sites (tertiary alicyclic amines) is 1. The van der Waals surface area contributed by atoms with Gasteiger partial charge < -0.3 is 14.2 Å². The number of methoxy groups -OCH3 is 2. The summed E-state index contributed by atoms with van der Waals surface area (Å²) in [7, 11) is 3.33. The van der Waals surface area contributed by atoms with Crippen molar-refractivity contribution in [2.24, 2.45) is 0 Å². The molecule has 6 nitrogen and oxygen atoms in total. The summed E-state index contributed by atoms with van der Waals surface area (Å²) in [6.07, 6.45) is 0.670. The van der Waals surface area contributed by atoms with Crippen molar-refractivity contribution in [3.8, 4) is 11.5 Å². The number of amides is 1. The molecule has 0 aromatic heterocycles. The van der Waals surface area contributed by atoms with E-state index in [1.54, 1.807) is 14.2 Å². The predicted molar refractivity (Wildman–Crippen MR) is 117 cm³/mol. The maximum atomic E-state index is 12.7. The Morgan fingerprint density at radius 1 is 0.933 bits per heavy atom. The number of nitrogens with zero attached hydrogens (tertiary/aromatic N) is 2. The Labute approximate surface area is 179 Å². The second-order valence-electron chi connectivity index (χ2n) is 8.54. The van der Waals surface area contributed by atoms with Gasteiger partial charge in [0, 0.05) is 19.6 Å². The van der Waals surface area contributed by atoms with Crippen molar-refractivity contribution < 1.29 is 19.0 Å². The van der Waals surface area contributed by atoms with Crippen LogP contribution in [-0.2, 0) is 17.8 Å². The van der Waals surface area contributed by atoms with E-state index in [-0.39, 0.29) is 12.3 Å². The van der Waals surface area contributed by atoms with Crippen molar-refractivity contribution >= 4 is 6.09 Å². The third-order valence-electron chi connectivity index (χ3n) is 5.13. The number of ether oxygens (including phenoxy) is 3. The number of carbonyl (C=O) groups excluding carboxylic acids is 1. The molecule has 3 rings (SSSR count). The van der Waals surface area contributed by atoms with Crippen molar-refractivity contribution in [2.45, 2.75) is 52.0 Å². The maximum Gasteiger partial charge on any atom is 0.411 e. The summed E-state index contributed by atoms with van der Waals surface area (Å²) in [5.74, 6) is 1.67. The number of hydrogen-bond donors (Lipinski definition) is 0. The molecule has 2 aromatic carbocycles. The molecule has 1 aliphatic heterocycles. The van der Waals surface area contributed by atoms with Gasteiger partial charge in [-0.15, -0.1) is 0 Å². The van der Waals surface area contributed by atoms with Crippen LogP contribution in [-0.4, -0.2) is 48.4 Å². The third kappa shape index (κ3) is 5.66. The lowest BCUT2D eigenvalue weighted by Gasteiger charge is -2.47. The monoisotopic (exact) mass is 412 g/mol. The van der Waals surface area contributed by atoms with Gasteiger partial charge >= 0.3 is 6.09 Å². The fraction of sp³-hybridized carbons (Fsp3) is 0.458. The summed E-state index contributed by atoms with van der Waals surface area (Å²) in [5, 5.41) is 0. The molecule has 1 heterocycles. The predicted octanol–water partition coefficient (Wildman–Crippen LogP) is 4.67. The van der Waals surface area contributed by atoms with Crippen LogP contribution in [0.4, 0.5) is 4.79 Å². The molecule has 1 aliphatic rings.